The van der Waals surface area contributed by atoms with Crippen LogP contribution in [0, 0.1) is 17.6 Å². The van der Waals surface area contributed by atoms with Crippen molar-refractivity contribution in [3.63, 3.8) is 0 Å². The summed E-state index contributed by atoms with van der Waals surface area (Å²) in [5.41, 5.74) is 0. The number of hydrogen-bond acceptors (Lipinski definition) is 3. The van der Waals surface area contributed by atoms with Crippen molar-refractivity contribution >= 4 is 11.7 Å². The van der Waals surface area contributed by atoms with Gasteiger partial charge in [0, 0.05) is 32.1 Å². The van der Waals surface area contributed by atoms with E-state index < -0.39 is 17.6 Å². The number of piperidine rings is 1. The summed E-state index contributed by atoms with van der Waals surface area (Å²) in [4.78, 5) is 15.8. The molecular weight excluding hydrogens is 259 g/mol. The second-order valence-corrected chi connectivity index (χ2v) is 4.53. The first-order valence-electron chi connectivity index (χ1n) is 6.01. The van der Waals surface area contributed by atoms with Crippen molar-refractivity contribution in [1.29, 1.82) is 0 Å². The number of anilines is 1. The monoisotopic (exact) mass is 273 g/mol. The van der Waals surface area contributed by atoms with Gasteiger partial charge in [0.05, 0.1) is 0 Å². The fraction of sp³-hybridized carbons (Fsp3) is 0.500. The van der Waals surface area contributed by atoms with Crippen molar-refractivity contribution in [3.8, 4) is 0 Å². The molecule has 1 N–H and O–H groups in total. The van der Waals surface area contributed by atoms with Crippen molar-refractivity contribution in [1.82, 2.24) is 10.3 Å². The molecule has 4 nitrogen and oxygen atoms in total. The molecule has 0 unspecified atom stereocenters. The number of nitrogens with zero attached hydrogens (tertiary/aromatic N) is 2. The normalized spacial score (nSPS) is 16.5. The van der Waals surface area contributed by atoms with Crippen LogP contribution in [0.5, 0.6) is 0 Å². The quantitative estimate of drug-likeness (QED) is 0.833. The smallest absolute Gasteiger partial charge is 0.251 e. The second kappa shape index (κ2) is 5.46. The van der Waals surface area contributed by atoms with E-state index in [1.54, 1.807) is 4.90 Å². The van der Waals surface area contributed by atoms with E-state index in [0.717, 1.165) is 0 Å². The highest BCUT2D eigenvalue weighted by atomic mass is 19.2. The van der Waals surface area contributed by atoms with Crippen LogP contribution in [0.2, 0.25) is 0 Å². The van der Waals surface area contributed by atoms with Gasteiger partial charge >= 0.3 is 0 Å². The van der Waals surface area contributed by atoms with E-state index >= 15 is 0 Å². The third kappa shape index (κ3) is 3.15. The van der Waals surface area contributed by atoms with Gasteiger partial charge in [-0.05, 0) is 12.8 Å². The lowest BCUT2D eigenvalue weighted by Gasteiger charge is -2.33. The molecule has 1 amide bonds. The number of rotatable bonds is 2. The lowest BCUT2D eigenvalue weighted by atomic mass is 10.1. The fourth-order valence-electron chi connectivity index (χ4n) is 2.18. The van der Waals surface area contributed by atoms with Gasteiger partial charge in [0.15, 0.2) is 17.5 Å². The molecule has 1 fully saturated rings. The molecule has 0 spiro atoms. The van der Waals surface area contributed by atoms with Crippen LogP contribution in [-0.2, 0) is 4.79 Å². The van der Waals surface area contributed by atoms with Gasteiger partial charge in [-0.25, -0.2) is 8.78 Å². The van der Waals surface area contributed by atoms with Crippen molar-refractivity contribution in [2.24, 2.45) is 0 Å². The maximum atomic E-state index is 13.5. The lowest BCUT2D eigenvalue weighted by molar-refractivity contribution is -0.119. The minimum Gasteiger partial charge on any atom is -0.354 e. The molecule has 7 heteroatoms. The van der Waals surface area contributed by atoms with Gasteiger partial charge in [-0.2, -0.15) is 9.37 Å². The van der Waals surface area contributed by atoms with Gasteiger partial charge < -0.3 is 10.2 Å². The Kier molecular flexibility index (Phi) is 3.92. The zero-order valence-corrected chi connectivity index (χ0v) is 10.4. The van der Waals surface area contributed by atoms with E-state index in [0.29, 0.717) is 32.0 Å². The van der Waals surface area contributed by atoms with E-state index in [9.17, 15) is 18.0 Å². The molecule has 1 aliphatic heterocycles. The van der Waals surface area contributed by atoms with Gasteiger partial charge in [-0.3, -0.25) is 4.79 Å². The topological polar surface area (TPSA) is 45.2 Å². The number of hydrogen-bond donors (Lipinski definition) is 1. The van der Waals surface area contributed by atoms with Crippen LogP contribution in [0.4, 0.5) is 19.0 Å². The summed E-state index contributed by atoms with van der Waals surface area (Å²) >= 11 is 0. The van der Waals surface area contributed by atoms with Gasteiger partial charge in [0.1, 0.15) is 0 Å². The Balaban J connectivity index is 2.05. The number of carbonyl (C=O) groups is 1. The van der Waals surface area contributed by atoms with Crippen LogP contribution in [0.25, 0.3) is 0 Å². The molecule has 1 saturated heterocycles. The maximum Gasteiger partial charge on any atom is 0.251 e. The van der Waals surface area contributed by atoms with Crippen molar-refractivity contribution < 1.29 is 18.0 Å². The minimum atomic E-state index is -1.31. The third-order valence-corrected chi connectivity index (χ3v) is 3.07. The Morgan fingerprint density at radius 2 is 1.95 bits per heavy atom. The number of aromatic nitrogens is 1. The standard InChI is InChI=1S/C12H14F3N3O/c1-7(19)16-8-2-4-18(5-3-8)12-10(14)6-9(13)11(15)17-12/h6,8H,2-5H2,1H3,(H,16,19). The number of carbonyl (C=O) groups excluding carboxylic acids is 1. The largest absolute Gasteiger partial charge is 0.354 e. The molecule has 0 atom stereocenters. The Bertz CT molecular complexity index is 487. The van der Waals surface area contributed by atoms with E-state index in [1.165, 1.54) is 6.92 Å². The maximum absolute atomic E-state index is 13.5. The number of amides is 1. The Labute approximate surface area is 108 Å². The number of halogens is 3. The highest BCUT2D eigenvalue weighted by Crippen LogP contribution is 2.22. The zero-order valence-electron chi connectivity index (χ0n) is 10.4. The molecule has 0 radical (unpaired) electrons. The lowest BCUT2D eigenvalue weighted by Crippen LogP contribution is -2.44. The van der Waals surface area contributed by atoms with Crippen LogP contribution in [0.1, 0.15) is 19.8 Å². The summed E-state index contributed by atoms with van der Waals surface area (Å²) in [5.74, 6) is -3.78. The molecule has 2 rings (SSSR count). The second-order valence-electron chi connectivity index (χ2n) is 4.53. The Hall–Kier alpha value is -1.79. The summed E-state index contributed by atoms with van der Waals surface area (Å²) in [5, 5.41) is 2.78. The molecular formula is C12H14F3N3O. The van der Waals surface area contributed by atoms with Crippen LogP contribution >= 0.6 is 0 Å². The van der Waals surface area contributed by atoms with E-state index in [-0.39, 0.29) is 17.8 Å². The number of pyridine rings is 1. The van der Waals surface area contributed by atoms with Crippen LogP contribution < -0.4 is 10.2 Å². The SMILES string of the molecule is CC(=O)NC1CCN(c2nc(F)c(F)cc2F)CC1. The van der Waals surface area contributed by atoms with Crippen LogP contribution in [-0.4, -0.2) is 30.0 Å². The first kappa shape index (κ1) is 13.6. The van der Waals surface area contributed by atoms with Crippen LogP contribution in [0.15, 0.2) is 6.07 Å². The molecule has 2 heterocycles. The molecule has 0 bridgehead atoms. The average Bonchev–Trinajstić information content (AvgIpc) is 2.34. The molecule has 0 aromatic carbocycles. The summed E-state index contributed by atoms with van der Waals surface area (Å²) in [6, 6.07) is 0.527. The first-order valence-corrected chi connectivity index (χ1v) is 6.01. The molecule has 1 aromatic heterocycles. The van der Waals surface area contributed by atoms with Crippen LogP contribution in [0.3, 0.4) is 0 Å². The van der Waals surface area contributed by atoms with Gasteiger partial charge in [-0.15, -0.1) is 0 Å². The Morgan fingerprint density at radius 1 is 1.32 bits per heavy atom. The highest BCUT2D eigenvalue weighted by molar-refractivity contribution is 5.73. The average molecular weight is 273 g/mol. The van der Waals surface area contributed by atoms with E-state index in [4.69, 9.17) is 0 Å². The molecule has 0 aliphatic carbocycles. The summed E-state index contributed by atoms with van der Waals surface area (Å²) in [6.07, 6.45) is 1.22. The number of nitrogens with one attached hydrogen (secondary N) is 1. The summed E-state index contributed by atoms with van der Waals surface area (Å²) < 4.78 is 39.4. The first-order chi connectivity index (χ1) is 8.97. The van der Waals surface area contributed by atoms with Gasteiger partial charge in [-0.1, -0.05) is 0 Å². The van der Waals surface area contributed by atoms with E-state index in [1.807, 2.05) is 0 Å². The minimum absolute atomic E-state index is 0.0297. The van der Waals surface area contributed by atoms with Gasteiger partial charge in [0.25, 0.3) is 5.95 Å². The third-order valence-electron chi connectivity index (χ3n) is 3.07. The molecule has 1 aliphatic rings. The van der Waals surface area contributed by atoms with Crippen molar-refractivity contribution in [3.05, 3.63) is 23.6 Å². The van der Waals surface area contributed by atoms with Crippen molar-refractivity contribution in [2.45, 2.75) is 25.8 Å². The summed E-state index contributed by atoms with van der Waals surface area (Å²) in [6.45, 7) is 2.29. The predicted octanol–water partition coefficient (Wildman–Crippen LogP) is 1.60. The molecule has 0 saturated carbocycles. The van der Waals surface area contributed by atoms with E-state index in [2.05, 4.69) is 10.3 Å². The fourth-order valence-corrected chi connectivity index (χ4v) is 2.18. The van der Waals surface area contributed by atoms with Crippen molar-refractivity contribution in [2.75, 3.05) is 18.0 Å². The predicted molar refractivity (Wildman–Crippen MR) is 63.2 cm³/mol. The zero-order chi connectivity index (χ0) is 14.0. The summed E-state index contributed by atoms with van der Waals surface area (Å²) in [7, 11) is 0. The van der Waals surface area contributed by atoms with Gasteiger partial charge in [0.2, 0.25) is 5.91 Å². The molecule has 1 aromatic rings. The highest BCUT2D eigenvalue weighted by Gasteiger charge is 2.24. The molecule has 19 heavy (non-hydrogen) atoms. The molecule has 104 valence electrons. The Morgan fingerprint density at radius 3 is 2.53 bits per heavy atom.